The molecule has 0 spiro atoms. The van der Waals surface area contributed by atoms with Crippen LogP contribution < -0.4 is 9.47 Å². The van der Waals surface area contributed by atoms with Crippen LogP contribution in [0.2, 0.25) is 0 Å². The molecule has 11 nitrogen and oxygen atoms in total. The highest BCUT2D eigenvalue weighted by atomic mass is 17.2. The SMILES string of the molecule is CCOOC(=C=O)[C@H]1O[C@@H](Oc2nn(C(C)C)c(C)c2Cc2ccc(OC(C)C)cc2)[C@H](O)[C@@H](O)[C@@H]1O. The van der Waals surface area contributed by atoms with Crippen molar-refractivity contribution in [1.29, 1.82) is 0 Å². The summed E-state index contributed by atoms with van der Waals surface area (Å²) < 4.78 is 19.1. The van der Waals surface area contributed by atoms with Crippen LogP contribution in [0.3, 0.4) is 0 Å². The van der Waals surface area contributed by atoms with Gasteiger partial charge in [0.05, 0.1) is 12.7 Å². The first-order valence-corrected chi connectivity index (χ1v) is 12.3. The standard InChI is InChI=1S/C26H36N2O9/c1-7-33-37-20(13-29)24-22(31)21(30)23(32)26(35-24)36-25-19(16(6)28(27-25)14(2)3)12-17-8-10-18(11-9-17)34-15(4)5/h8-11,14-15,21-24,26,30-32H,7,12H2,1-6H3/t21-,22-,23+,24+,26-/m0/s1. The first kappa shape index (κ1) is 28.6. The van der Waals surface area contributed by atoms with Gasteiger partial charge in [0, 0.05) is 23.7 Å². The van der Waals surface area contributed by atoms with Crippen LogP contribution in [0.5, 0.6) is 11.6 Å². The summed E-state index contributed by atoms with van der Waals surface area (Å²) in [4.78, 5) is 21.0. The molecular weight excluding hydrogens is 484 g/mol. The van der Waals surface area contributed by atoms with Gasteiger partial charge in [-0.1, -0.05) is 12.1 Å². The molecule has 0 saturated carbocycles. The fourth-order valence-electron chi connectivity index (χ4n) is 4.01. The molecule has 37 heavy (non-hydrogen) atoms. The molecule has 5 atom stereocenters. The molecule has 1 fully saturated rings. The van der Waals surface area contributed by atoms with Gasteiger partial charge < -0.3 is 34.4 Å². The van der Waals surface area contributed by atoms with Crippen LogP contribution in [0.1, 0.15) is 57.5 Å². The van der Waals surface area contributed by atoms with Crippen LogP contribution in [0.4, 0.5) is 0 Å². The fraction of sp³-hybridized carbons (Fsp3) is 0.577. The van der Waals surface area contributed by atoms with Crippen molar-refractivity contribution in [3.63, 3.8) is 0 Å². The molecule has 11 heteroatoms. The number of aliphatic hydroxyl groups excluding tert-OH is 3. The smallest absolute Gasteiger partial charge is 0.256 e. The van der Waals surface area contributed by atoms with Gasteiger partial charge in [-0.2, -0.15) is 4.89 Å². The number of nitrogens with zero attached hydrogens (tertiary/aromatic N) is 2. The first-order valence-electron chi connectivity index (χ1n) is 12.3. The summed E-state index contributed by atoms with van der Waals surface area (Å²) in [6.45, 7) is 11.5. The fourth-order valence-corrected chi connectivity index (χ4v) is 4.01. The van der Waals surface area contributed by atoms with Crippen molar-refractivity contribution in [2.24, 2.45) is 0 Å². The van der Waals surface area contributed by atoms with Crippen molar-refractivity contribution in [1.82, 2.24) is 9.78 Å². The Morgan fingerprint density at radius 3 is 2.35 bits per heavy atom. The largest absolute Gasteiger partial charge is 0.491 e. The molecule has 0 bridgehead atoms. The molecule has 1 aliphatic rings. The van der Waals surface area contributed by atoms with E-state index in [2.05, 4.69) is 5.10 Å². The Bertz CT molecular complexity index is 1080. The molecule has 2 heterocycles. The Kier molecular flexibility index (Phi) is 9.72. The number of carbonyl (C=O) groups excluding carboxylic acids is 1. The van der Waals surface area contributed by atoms with E-state index >= 15 is 0 Å². The molecule has 0 aliphatic carbocycles. The summed E-state index contributed by atoms with van der Waals surface area (Å²) in [5, 5.41) is 36.0. The van der Waals surface area contributed by atoms with E-state index in [1.54, 1.807) is 11.6 Å². The van der Waals surface area contributed by atoms with E-state index in [0.717, 1.165) is 22.6 Å². The van der Waals surface area contributed by atoms with Gasteiger partial charge in [-0.25, -0.2) is 4.79 Å². The third-order valence-corrected chi connectivity index (χ3v) is 5.83. The summed E-state index contributed by atoms with van der Waals surface area (Å²) in [6, 6.07) is 7.68. The quantitative estimate of drug-likeness (QED) is 0.174. The summed E-state index contributed by atoms with van der Waals surface area (Å²) in [6.07, 6.45) is -7.48. The minimum atomic E-state index is -1.71. The summed E-state index contributed by atoms with van der Waals surface area (Å²) >= 11 is 0. The van der Waals surface area contributed by atoms with Gasteiger partial charge in [-0.3, -0.25) is 4.68 Å². The molecule has 1 saturated heterocycles. The second-order valence-electron chi connectivity index (χ2n) is 9.37. The minimum absolute atomic E-state index is 0.0134. The number of aromatic nitrogens is 2. The van der Waals surface area contributed by atoms with E-state index in [9.17, 15) is 20.1 Å². The number of ether oxygens (including phenoxy) is 3. The Balaban J connectivity index is 1.89. The second kappa shape index (κ2) is 12.6. The maximum atomic E-state index is 11.4. The van der Waals surface area contributed by atoms with Crippen molar-refractivity contribution in [2.75, 3.05) is 6.61 Å². The van der Waals surface area contributed by atoms with E-state index in [0.29, 0.717) is 6.42 Å². The second-order valence-corrected chi connectivity index (χ2v) is 9.37. The highest BCUT2D eigenvalue weighted by molar-refractivity contribution is 5.51. The zero-order valence-corrected chi connectivity index (χ0v) is 22.0. The van der Waals surface area contributed by atoms with Crippen LogP contribution in [0.15, 0.2) is 30.0 Å². The monoisotopic (exact) mass is 520 g/mol. The third kappa shape index (κ3) is 6.70. The summed E-state index contributed by atoms with van der Waals surface area (Å²) in [5.41, 5.74) is 2.57. The van der Waals surface area contributed by atoms with E-state index < -0.39 is 36.5 Å². The van der Waals surface area contributed by atoms with Crippen LogP contribution in [0.25, 0.3) is 0 Å². The molecule has 0 amide bonds. The molecule has 3 rings (SSSR count). The molecule has 0 unspecified atom stereocenters. The lowest BCUT2D eigenvalue weighted by Crippen LogP contribution is -2.59. The molecular formula is C26H36N2O9. The average Bonchev–Trinajstić information content (AvgIpc) is 3.16. The summed E-state index contributed by atoms with van der Waals surface area (Å²) in [7, 11) is 0. The lowest BCUT2D eigenvalue weighted by molar-refractivity contribution is -0.308. The molecule has 2 aromatic rings. The molecule has 1 aromatic carbocycles. The number of benzene rings is 1. The van der Waals surface area contributed by atoms with E-state index in [4.69, 9.17) is 24.0 Å². The van der Waals surface area contributed by atoms with Crippen molar-refractivity contribution in [3.8, 4) is 11.6 Å². The number of rotatable bonds is 11. The summed E-state index contributed by atoms with van der Waals surface area (Å²) in [5.74, 6) is 1.92. The topological polar surface area (TPSA) is 142 Å². The first-order chi connectivity index (χ1) is 17.6. The predicted molar refractivity (Wildman–Crippen MR) is 132 cm³/mol. The molecule has 0 radical (unpaired) electrons. The average molecular weight is 521 g/mol. The third-order valence-electron chi connectivity index (χ3n) is 5.83. The maximum absolute atomic E-state index is 11.4. The number of hydrogen-bond acceptors (Lipinski definition) is 10. The predicted octanol–water partition coefficient (Wildman–Crippen LogP) is 2.02. The lowest BCUT2D eigenvalue weighted by Gasteiger charge is -2.39. The van der Waals surface area contributed by atoms with Crippen molar-refractivity contribution in [3.05, 3.63) is 46.8 Å². The highest BCUT2D eigenvalue weighted by Crippen LogP contribution is 2.32. The van der Waals surface area contributed by atoms with E-state index in [1.807, 2.05) is 58.9 Å². The van der Waals surface area contributed by atoms with Gasteiger partial charge >= 0.3 is 0 Å². The van der Waals surface area contributed by atoms with E-state index in [-0.39, 0.29) is 24.6 Å². The zero-order chi connectivity index (χ0) is 27.3. The van der Waals surface area contributed by atoms with Crippen molar-refractivity contribution >= 4 is 5.94 Å². The molecule has 1 aromatic heterocycles. The van der Waals surface area contributed by atoms with Crippen LogP contribution >= 0.6 is 0 Å². The number of aliphatic hydroxyl groups is 3. The normalized spacial score (nSPS) is 23.7. The zero-order valence-electron chi connectivity index (χ0n) is 22.0. The lowest BCUT2D eigenvalue weighted by atomic mass is 9.98. The van der Waals surface area contributed by atoms with Gasteiger partial charge in [0.25, 0.3) is 5.76 Å². The van der Waals surface area contributed by atoms with Gasteiger partial charge in [0.15, 0.2) is 12.0 Å². The van der Waals surface area contributed by atoms with Crippen molar-refractivity contribution in [2.45, 2.75) is 90.8 Å². The Hall–Kier alpha value is -2.92. The van der Waals surface area contributed by atoms with Gasteiger partial charge in [0.1, 0.15) is 24.1 Å². The number of hydrogen-bond donors (Lipinski definition) is 3. The maximum Gasteiger partial charge on any atom is 0.256 e. The van der Waals surface area contributed by atoms with Gasteiger partial charge in [-0.05, 0) is 59.2 Å². The van der Waals surface area contributed by atoms with E-state index in [1.165, 1.54) is 5.94 Å². The van der Waals surface area contributed by atoms with Gasteiger partial charge in [-0.15, -0.1) is 5.10 Å². The van der Waals surface area contributed by atoms with Gasteiger partial charge in [0.2, 0.25) is 12.2 Å². The molecule has 1 aliphatic heterocycles. The Morgan fingerprint density at radius 2 is 1.78 bits per heavy atom. The van der Waals surface area contributed by atoms with Crippen LogP contribution in [-0.2, 0) is 25.7 Å². The Labute approximate surface area is 216 Å². The Morgan fingerprint density at radius 1 is 1.11 bits per heavy atom. The van der Waals surface area contributed by atoms with Crippen LogP contribution in [0, 0.1) is 6.92 Å². The van der Waals surface area contributed by atoms with Crippen LogP contribution in [-0.4, -0.2) is 74.5 Å². The molecule has 3 N–H and O–H groups in total. The highest BCUT2D eigenvalue weighted by Gasteiger charge is 2.48. The van der Waals surface area contributed by atoms with Crippen molar-refractivity contribution < 1.29 is 44.1 Å². The minimum Gasteiger partial charge on any atom is -0.491 e. The molecule has 204 valence electrons.